The first kappa shape index (κ1) is 17.6. The number of likely N-dealkylation sites (tertiary alicyclic amines) is 1. The van der Waals surface area contributed by atoms with Crippen molar-refractivity contribution in [1.82, 2.24) is 4.90 Å². The Balaban J connectivity index is 1.85. The fraction of sp³-hybridized carbons (Fsp3) is 0.529. The molecule has 6 heteroatoms. The Morgan fingerprint density at radius 2 is 1.78 bits per heavy atom. The second-order valence-electron chi connectivity index (χ2n) is 5.84. The Labute approximate surface area is 141 Å². The molecule has 0 saturated carbocycles. The molecule has 1 aliphatic heterocycles. The normalized spacial score (nSPS) is 15.4. The highest BCUT2D eigenvalue weighted by molar-refractivity contribution is 6.32. The van der Waals surface area contributed by atoms with Gasteiger partial charge in [0.05, 0.1) is 13.0 Å². The summed E-state index contributed by atoms with van der Waals surface area (Å²) in [6.07, 6.45) is 1.27. The van der Waals surface area contributed by atoms with E-state index in [4.69, 9.17) is 21.1 Å². The Morgan fingerprint density at radius 1 is 1.22 bits per heavy atom. The zero-order chi connectivity index (χ0) is 17.0. The van der Waals surface area contributed by atoms with Gasteiger partial charge in [-0.3, -0.25) is 9.59 Å². The van der Waals surface area contributed by atoms with Crippen LogP contribution in [-0.4, -0.2) is 43.6 Å². The van der Waals surface area contributed by atoms with Gasteiger partial charge in [-0.15, -0.1) is 0 Å². The summed E-state index contributed by atoms with van der Waals surface area (Å²) in [6.45, 7) is 4.91. The lowest BCUT2D eigenvalue weighted by Crippen LogP contribution is -2.42. The second-order valence-corrected chi connectivity index (χ2v) is 6.22. The molecule has 0 radical (unpaired) electrons. The third kappa shape index (κ3) is 4.38. The van der Waals surface area contributed by atoms with Crippen LogP contribution < -0.4 is 4.74 Å². The van der Waals surface area contributed by atoms with E-state index in [1.807, 2.05) is 26.0 Å². The number of nitrogens with zero attached hydrogens (tertiary/aromatic N) is 1. The van der Waals surface area contributed by atoms with E-state index in [0.717, 1.165) is 11.1 Å². The molecule has 2 rings (SSSR count). The first-order valence-electron chi connectivity index (χ1n) is 7.67. The molecule has 1 aliphatic rings. The summed E-state index contributed by atoms with van der Waals surface area (Å²) in [4.78, 5) is 25.4. The molecule has 5 nitrogen and oxygen atoms in total. The Kier molecular flexibility index (Phi) is 5.88. The average Bonchev–Trinajstić information content (AvgIpc) is 2.56. The van der Waals surface area contributed by atoms with Crippen molar-refractivity contribution in [1.29, 1.82) is 0 Å². The molecule has 1 aromatic carbocycles. The number of piperidine rings is 1. The molecule has 126 valence electrons. The Bertz CT molecular complexity index is 571. The van der Waals surface area contributed by atoms with Crippen molar-refractivity contribution in [2.75, 3.05) is 26.8 Å². The maximum absolute atomic E-state index is 12.2. The number of carbonyl (C=O) groups is 2. The third-order valence-corrected chi connectivity index (χ3v) is 4.75. The van der Waals surface area contributed by atoms with E-state index in [-0.39, 0.29) is 24.4 Å². The molecule has 1 saturated heterocycles. The van der Waals surface area contributed by atoms with Crippen molar-refractivity contribution in [2.24, 2.45) is 5.92 Å². The maximum Gasteiger partial charge on any atom is 0.308 e. The molecule has 0 N–H and O–H groups in total. The summed E-state index contributed by atoms with van der Waals surface area (Å²) in [5.41, 5.74) is 1.85. The van der Waals surface area contributed by atoms with Crippen molar-refractivity contribution < 1.29 is 19.1 Å². The van der Waals surface area contributed by atoms with Gasteiger partial charge in [-0.05, 0) is 49.9 Å². The number of halogens is 1. The first-order valence-corrected chi connectivity index (χ1v) is 8.05. The van der Waals surface area contributed by atoms with E-state index in [1.165, 1.54) is 7.11 Å². The van der Waals surface area contributed by atoms with Crippen LogP contribution in [0.3, 0.4) is 0 Å². The molecular weight excluding hydrogens is 318 g/mol. The van der Waals surface area contributed by atoms with Gasteiger partial charge in [0.25, 0.3) is 5.91 Å². The standard InChI is InChI=1S/C17H22ClNO4/c1-11-8-14(9-12(2)16(11)18)23-10-15(20)19-6-4-13(5-7-19)17(21)22-3/h8-9,13H,4-7,10H2,1-3H3. The Hall–Kier alpha value is -1.75. The summed E-state index contributed by atoms with van der Waals surface area (Å²) in [6, 6.07) is 3.65. The summed E-state index contributed by atoms with van der Waals surface area (Å²) >= 11 is 6.12. The van der Waals surface area contributed by atoms with Crippen molar-refractivity contribution in [2.45, 2.75) is 26.7 Å². The van der Waals surface area contributed by atoms with Crippen LogP contribution in [0.15, 0.2) is 12.1 Å². The van der Waals surface area contributed by atoms with E-state index < -0.39 is 0 Å². The minimum absolute atomic E-state index is 0.0105. The van der Waals surface area contributed by atoms with Crippen LogP contribution in [0.5, 0.6) is 5.75 Å². The fourth-order valence-corrected chi connectivity index (χ4v) is 2.87. The van der Waals surface area contributed by atoms with Gasteiger partial charge in [-0.1, -0.05) is 11.6 Å². The first-order chi connectivity index (χ1) is 10.9. The van der Waals surface area contributed by atoms with Gasteiger partial charge in [0.15, 0.2) is 6.61 Å². The zero-order valence-electron chi connectivity index (χ0n) is 13.7. The van der Waals surface area contributed by atoms with Crippen molar-refractivity contribution in [3.8, 4) is 5.75 Å². The summed E-state index contributed by atoms with van der Waals surface area (Å²) in [7, 11) is 1.39. The molecule has 1 fully saturated rings. The van der Waals surface area contributed by atoms with Gasteiger partial charge in [-0.2, -0.15) is 0 Å². The average molecular weight is 340 g/mol. The number of benzene rings is 1. The number of methoxy groups -OCH3 is 1. The molecule has 1 heterocycles. The van der Waals surface area contributed by atoms with Crippen LogP contribution in [0.25, 0.3) is 0 Å². The van der Waals surface area contributed by atoms with Crippen molar-refractivity contribution in [3.05, 3.63) is 28.3 Å². The maximum atomic E-state index is 12.2. The highest BCUT2D eigenvalue weighted by Crippen LogP contribution is 2.26. The minimum atomic E-state index is -0.194. The number of esters is 1. The molecular formula is C17H22ClNO4. The molecule has 0 aliphatic carbocycles. The van der Waals surface area contributed by atoms with E-state index in [1.54, 1.807) is 4.90 Å². The summed E-state index contributed by atoms with van der Waals surface area (Å²) < 4.78 is 10.3. The number of ether oxygens (including phenoxy) is 2. The van der Waals surface area contributed by atoms with Crippen molar-refractivity contribution >= 4 is 23.5 Å². The number of hydrogen-bond donors (Lipinski definition) is 0. The smallest absolute Gasteiger partial charge is 0.308 e. The molecule has 0 aromatic heterocycles. The van der Waals surface area contributed by atoms with Gasteiger partial charge in [0.2, 0.25) is 0 Å². The van der Waals surface area contributed by atoms with E-state index in [2.05, 4.69) is 0 Å². The van der Waals surface area contributed by atoms with Crippen LogP contribution in [0, 0.1) is 19.8 Å². The highest BCUT2D eigenvalue weighted by Gasteiger charge is 2.27. The largest absolute Gasteiger partial charge is 0.484 e. The highest BCUT2D eigenvalue weighted by atomic mass is 35.5. The molecule has 1 amide bonds. The van der Waals surface area contributed by atoms with Gasteiger partial charge in [0.1, 0.15) is 5.75 Å². The van der Waals surface area contributed by atoms with E-state index >= 15 is 0 Å². The quantitative estimate of drug-likeness (QED) is 0.791. The van der Waals surface area contributed by atoms with E-state index in [0.29, 0.717) is 36.7 Å². The zero-order valence-corrected chi connectivity index (χ0v) is 14.5. The summed E-state index contributed by atoms with van der Waals surface area (Å²) in [5, 5.41) is 0.716. The number of carbonyl (C=O) groups excluding carboxylic acids is 2. The third-order valence-electron chi connectivity index (χ3n) is 4.15. The fourth-order valence-electron chi connectivity index (χ4n) is 2.76. The van der Waals surface area contributed by atoms with Crippen LogP contribution in [0.1, 0.15) is 24.0 Å². The molecule has 0 atom stereocenters. The summed E-state index contributed by atoms with van der Waals surface area (Å²) in [5.74, 6) is 0.271. The molecule has 1 aromatic rings. The van der Waals surface area contributed by atoms with Crippen molar-refractivity contribution in [3.63, 3.8) is 0 Å². The van der Waals surface area contributed by atoms with Crippen LogP contribution in [0.4, 0.5) is 0 Å². The number of amides is 1. The lowest BCUT2D eigenvalue weighted by molar-refractivity contribution is -0.149. The topological polar surface area (TPSA) is 55.8 Å². The van der Waals surface area contributed by atoms with Crippen LogP contribution in [0.2, 0.25) is 5.02 Å². The molecule has 23 heavy (non-hydrogen) atoms. The van der Waals surface area contributed by atoms with Crippen LogP contribution >= 0.6 is 11.6 Å². The van der Waals surface area contributed by atoms with Crippen LogP contribution in [-0.2, 0) is 14.3 Å². The lowest BCUT2D eigenvalue weighted by atomic mass is 9.97. The van der Waals surface area contributed by atoms with Gasteiger partial charge < -0.3 is 14.4 Å². The monoisotopic (exact) mass is 339 g/mol. The number of aryl methyl sites for hydroxylation is 2. The van der Waals surface area contributed by atoms with Gasteiger partial charge >= 0.3 is 5.97 Å². The molecule has 0 spiro atoms. The minimum Gasteiger partial charge on any atom is -0.484 e. The SMILES string of the molecule is COC(=O)C1CCN(C(=O)COc2cc(C)c(Cl)c(C)c2)CC1. The van der Waals surface area contributed by atoms with E-state index in [9.17, 15) is 9.59 Å². The molecule has 0 unspecified atom stereocenters. The predicted molar refractivity (Wildman–Crippen MR) is 87.7 cm³/mol. The lowest BCUT2D eigenvalue weighted by Gasteiger charge is -2.30. The molecule has 0 bridgehead atoms. The number of rotatable bonds is 4. The number of hydrogen-bond acceptors (Lipinski definition) is 4. The Morgan fingerprint density at radius 3 is 2.30 bits per heavy atom. The van der Waals surface area contributed by atoms with Gasteiger partial charge in [-0.25, -0.2) is 0 Å². The van der Waals surface area contributed by atoms with Gasteiger partial charge in [0, 0.05) is 18.1 Å². The second kappa shape index (κ2) is 7.68. The predicted octanol–water partition coefficient (Wildman–Crippen LogP) is 2.75.